The fourth-order valence-electron chi connectivity index (χ4n) is 1.78. The third-order valence-electron chi connectivity index (χ3n) is 2.66. The van der Waals surface area contributed by atoms with Crippen molar-refractivity contribution in [3.63, 3.8) is 0 Å². The Labute approximate surface area is 106 Å². The number of carboxylic acid groups (broad SMARTS) is 2. The zero-order valence-electron chi connectivity index (χ0n) is 9.95. The first kappa shape index (κ1) is 14.0. The Morgan fingerprint density at radius 1 is 1.17 bits per heavy atom. The molecule has 0 aliphatic carbocycles. The van der Waals surface area contributed by atoms with Gasteiger partial charge in [-0.05, 0) is 24.3 Å². The fraction of sp³-hybridized carbons (Fsp3) is 0.286. The summed E-state index contributed by atoms with van der Waals surface area (Å²) in [4.78, 5) is 21.0. The van der Waals surface area contributed by atoms with Crippen molar-refractivity contribution in [2.24, 2.45) is 0 Å². The normalized spacial score (nSPS) is 12.4. The van der Waals surface area contributed by atoms with E-state index < -0.39 is 11.9 Å². The Morgan fingerprint density at radius 2 is 1.83 bits per heavy atom. The van der Waals surface area contributed by atoms with Gasteiger partial charge in [-0.1, -0.05) is 36.4 Å². The molecule has 4 heteroatoms. The summed E-state index contributed by atoms with van der Waals surface area (Å²) in [7, 11) is 0. The van der Waals surface area contributed by atoms with Crippen molar-refractivity contribution in [2.75, 3.05) is 0 Å². The molecule has 0 amide bonds. The molecule has 0 radical (unpaired) electrons. The minimum Gasteiger partial charge on any atom is -0.481 e. The highest BCUT2D eigenvalue weighted by Crippen LogP contribution is 2.25. The Morgan fingerprint density at radius 3 is 2.39 bits per heavy atom. The molecule has 0 saturated carbocycles. The molecule has 96 valence electrons. The van der Waals surface area contributed by atoms with Crippen LogP contribution in [0, 0.1) is 0 Å². The number of benzene rings is 1. The van der Waals surface area contributed by atoms with E-state index >= 15 is 0 Å². The standard InChI is InChI=1S/C14H16O4/c15-13(16)8-4-7-12(9-10-14(17)18)11-5-2-1-3-6-11/h1-6,8,12H,7,9-10H2,(H,15,16)(H,17,18)/b8-4+. The molecule has 0 bridgehead atoms. The highest BCUT2D eigenvalue weighted by atomic mass is 16.4. The van der Waals surface area contributed by atoms with Crippen LogP contribution in [0.5, 0.6) is 0 Å². The first-order chi connectivity index (χ1) is 8.59. The average Bonchev–Trinajstić information content (AvgIpc) is 2.34. The Balaban J connectivity index is 2.69. The third-order valence-corrected chi connectivity index (χ3v) is 2.66. The van der Waals surface area contributed by atoms with Gasteiger partial charge in [-0.2, -0.15) is 0 Å². The van der Waals surface area contributed by atoms with Crippen molar-refractivity contribution in [3.8, 4) is 0 Å². The van der Waals surface area contributed by atoms with Crippen molar-refractivity contribution in [1.29, 1.82) is 0 Å². The largest absolute Gasteiger partial charge is 0.481 e. The number of carboxylic acids is 2. The lowest BCUT2D eigenvalue weighted by Gasteiger charge is -2.14. The molecular weight excluding hydrogens is 232 g/mol. The molecule has 1 rings (SSSR count). The van der Waals surface area contributed by atoms with Crippen LogP contribution in [0.2, 0.25) is 0 Å². The van der Waals surface area contributed by atoms with Crippen LogP contribution in [0.1, 0.15) is 30.7 Å². The number of hydrogen-bond acceptors (Lipinski definition) is 2. The molecule has 1 aromatic carbocycles. The van der Waals surface area contributed by atoms with E-state index in [9.17, 15) is 9.59 Å². The summed E-state index contributed by atoms with van der Waals surface area (Å²) in [5.74, 6) is -1.78. The summed E-state index contributed by atoms with van der Waals surface area (Å²) in [6.45, 7) is 0. The summed E-state index contributed by atoms with van der Waals surface area (Å²) >= 11 is 0. The van der Waals surface area contributed by atoms with Gasteiger partial charge in [0.2, 0.25) is 0 Å². The molecule has 1 unspecified atom stereocenters. The molecule has 0 fully saturated rings. The van der Waals surface area contributed by atoms with Gasteiger partial charge >= 0.3 is 11.9 Å². The lowest BCUT2D eigenvalue weighted by molar-refractivity contribution is -0.137. The first-order valence-electron chi connectivity index (χ1n) is 5.76. The smallest absolute Gasteiger partial charge is 0.327 e. The Hall–Kier alpha value is -2.10. The maximum absolute atomic E-state index is 10.6. The Kier molecular flexibility index (Phi) is 5.64. The molecule has 0 aromatic heterocycles. The average molecular weight is 248 g/mol. The molecule has 0 spiro atoms. The Bertz CT molecular complexity index is 423. The quantitative estimate of drug-likeness (QED) is 0.727. The van der Waals surface area contributed by atoms with Crippen molar-refractivity contribution < 1.29 is 19.8 Å². The zero-order chi connectivity index (χ0) is 13.4. The van der Waals surface area contributed by atoms with Crippen molar-refractivity contribution >= 4 is 11.9 Å². The number of aliphatic carboxylic acids is 2. The highest BCUT2D eigenvalue weighted by molar-refractivity contribution is 5.79. The van der Waals surface area contributed by atoms with E-state index in [1.165, 1.54) is 0 Å². The van der Waals surface area contributed by atoms with E-state index in [-0.39, 0.29) is 12.3 Å². The van der Waals surface area contributed by atoms with Gasteiger partial charge < -0.3 is 10.2 Å². The number of carbonyl (C=O) groups is 2. The van der Waals surface area contributed by atoms with Crippen LogP contribution in [0.25, 0.3) is 0 Å². The van der Waals surface area contributed by atoms with Crippen molar-refractivity contribution in [2.45, 2.75) is 25.2 Å². The lowest BCUT2D eigenvalue weighted by Crippen LogP contribution is -2.03. The summed E-state index contributed by atoms with van der Waals surface area (Å²) in [6.07, 6.45) is 3.78. The second-order valence-corrected chi connectivity index (χ2v) is 4.02. The topological polar surface area (TPSA) is 74.6 Å². The molecule has 1 aromatic rings. The summed E-state index contributed by atoms with van der Waals surface area (Å²) < 4.78 is 0. The number of rotatable bonds is 7. The molecule has 0 heterocycles. The van der Waals surface area contributed by atoms with Gasteiger partial charge in [0.25, 0.3) is 0 Å². The van der Waals surface area contributed by atoms with Gasteiger partial charge in [0, 0.05) is 12.5 Å². The van der Waals surface area contributed by atoms with Gasteiger partial charge in [0.05, 0.1) is 0 Å². The van der Waals surface area contributed by atoms with Gasteiger partial charge in [0.1, 0.15) is 0 Å². The first-order valence-corrected chi connectivity index (χ1v) is 5.76. The zero-order valence-corrected chi connectivity index (χ0v) is 9.95. The lowest BCUT2D eigenvalue weighted by atomic mass is 9.91. The molecule has 18 heavy (non-hydrogen) atoms. The van der Waals surface area contributed by atoms with Gasteiger partial charge in [-0.25, -0.2) is 4.79 Å². The molecule has 4 nitrogen and oxygen atoms in total. The van der Waals surface area contributed by atoms with E-state index in [0.717, 1.165) is 11.6 Å². The van der Waals surface area contributed by atoms with Gasteiger partial charge in [-0.3, -0.25) is 4.79 Å². The third kappa shape index (κ3) is 5.30. The van der Waals surface area contributed by atoms with Gasteiger partial charge in [0.15, 0.2) is 0 Å². The minimum absolute atomic E-state index is 0.0397. The summed E-state index contributed by atoms with van der Waals surface area (Å²) in [5, 5.41) is 17.2. The maximum atomic E-state index is 10.6. The monoisotopic (exact) mass is 248 g/mol. The molecule has 0 saturated heterocycles. The summed E-state index contributed by atoms with van der Waals surface area (Å²) in [6, 6.07) is 9.54. The highest BCUT2D eigenvalue weighted by Gasteiger charge is 2.11. The van der Waals surface area contributed by atoms with E-state index in [2.05, 4.69) is 0 Å². The van der Waals surface area contributed by atoms with E-state index in [1.807, 2.05) is 30.3 Å². The predicted molar refractivity (Wildman–Crippen MR) is 67.4 cm³/mol. The van der Waals surface area contributed by atoms with Crippen LogP contribution in [0.4, 0.5) is 0 Å². The van der Waals surface area contributed by atoms with Crippen LogP contribution in [0.15, 0.2) is 42.5 Å². The van der Waals surface area contributed by atoms with E-state index in [4.69, 9.17) is 10.2 Å². The van der Waals surface area contributed by atoms with Crippen molar-refractivity contribution in [3.05, 3.63) is 48.0 Å². The molecule has 0 aliphatic rings. The molecule has 0 aliphatic heterocycles. The number of hydrogen-bond donors (Lipinski definition) is 2. The fourth-order valence-corrected chi connectivity index (χ4v) is 1.78. The van der Waals surface area contributed by atoms with Crippen LogP contribution in [-0.4, -0.2) is 22.2 Å². The van der Waals surface area contributed by atoms with Gasteiger partial charge in [-0.15, -0.1) is 0 Å². The van der Waals surface area contributed by atoms with E-state index in [0.29, 0.717) is 12.8 Å². The SMILES string of the molecule is O=C(O)/C=C/CC(CCC(=O)O)c1ccccc1. The molecule has 1 atom stereocenters. The minimum atomic E-state index is -0.986. The van der Waals surface area contributed by atoms with Crippen LogP contribution in [0.3, 0.4) is 0 Å². The van der Waals surface area contributed by atoms with Crippen LogP contribution in [-0.2, 0) is 9.59 Å². The maximum Gasteiger partial charge on any atom is 0.327 e. The van der Waals surface area contributed by atoms with Crippen LogP contribution >= 0.6 is 0 Å². The van der Waals surface area contributed by atoms with Crippen LogP contribution < -0.4 is 0 Å². The molecule has 2 N–H and O–H groups in total. The predicted octanol–water partition coefficient (Wildman–Crippen LogP) is 2.67. The second-order valence-electron chi connectivity index (χ2n) is 4.02. The number of allylic oxidation sites excluding steroid dienone is 1. The van der Waals surface area contributed by atoms with Crippen molar-refractivity contribution in [1.82, 2.24) is 0 Å². The summed E-state index contributed by atoms with van der Waals surface area (Å²) in [5.41, 5.74) is 1.04. The van der Waals surface area contributed by atoms with E-state index in [1.54, 1.807) is 6.08 Å². The second kappa shape index (κ2) is 7.27. The molecular formula is C14H16O4.